The maximum absolute atomic E-state index is 12.2. The van der Waals surface area contributed by atoms with Gasteiger partial charge in [-0.1, -0.05) is 24.3 Å². The van der Waals surface area contributed by atoms with Crippen LogP contribution < -0.4 is 10.5 Å². The molecular weight excluding hydrogens is 318 g/mol. The van der Waals surface area contributed by atoms with E-state index in [0.29, 0.717) is 6.54 Å². The van der Waals surface area contributed by atoms with Gasteiger partial charge < -0.3 is 9.15 Å². The summed E-state index contributed by atoms with van der Waals surface area (Å²) in [5.74, 6) is 0.514. The Balaban J connectivity index is 1.74. The van der Waals surface area contributed by atoms with Crippen molar-refractivity contribution < 1.29 is 9.15 Å². The molecule has 0 amide bonds. The number of aromatic nitrogens is 3. The number of nitrogens with zero attached hydrogens (tertiary/aromatic N) is 3. The Hall–Kier alpha value is -3.41. The lowest BCUT2D eigenvalue weighted by Gasteiger charge is -2.03. The summed E-state index contributed by atoms with van der Waals surface area (Å²) in [6.07, 6.45) is 1.73. The highest BCUT2D eigenvalue weighted by molar-refractivity contribution is 5.92. The van der Waals surface area contributed by atoms with Gasteiger partial charge >= 0.3 is 5.76 Å². The van der Waals surface area contributed by atoms with Crippen molar-refractivity contribution in [3.05, 3.63) is 76.9 Å². The Kier molecular flexibility index (Phi) is 3.78. The molecule has 4 rings (SSSR count). The summed E-state index contributed by atoms with van der Waals surface area (Å²) >= 11 is 0. The van der Waals surface area contributed by atoms with Crippen LogP contribution in [0.5, 0.6) is 5.75 Å². The molecule has 2 heterocycles. The van der Waals surface area contributed by atoms with Crippen LogP contribution in [0.3, 0.4) is 0 Å². The highest BCUT2D eigenvalue weighted by atomic mass is 16.5. The summed E-state index contributed by atoms with van der Waals surface area (Å²) in [5.41, 5.74) is 2.47. The van der Waals surface area contributed by atoms with Crippen molar-refractivity contribution in [2.24, 2.45) is 0 Å². The normalized spacial score (nSPS) is 10.9. The fourth-order valence-corrected chi connectivity index (χ4v) is 2.75. The first-order valence-corrected chi connectivity index (χ1v) is 7.79. The molecule has 6 nitrogen and oxygen atoms in total. The molecule has 0 N–H and O–H groups in total. The largest absolute Gasteiger partial charge is 0.497 e. The number of pyridine rings is 1. The number of ether oxygens (including phenoxy) is 1. The van der Waals surface area contributed by atoms with Crippen LogP contribution in [-0.4, -0.2) is 21.9 Å². The molecule has 124 valence electrons. The van der Waals surface area contributed by atoms with Crippen molar-refractivity contribution in [3.63, 3.8) is 0 Å². The molecule has 0 aliphatic carbocycles. The first-order valence-electron chi connectivity index (χ1n) is 7.79. The van der Waals surface area contributed by atoms with Gasteiger partial charge in [0, 0.05) is 17.1 Å². The summed E-state index contributed by atoms with van der Waals surface area (Å²) in [5, 5.41) is 5.24. The average molecular weight is 333 g/mol. The number of benzene rings is 2. The van der Waals surface area contributed by atoms with Gasteiger partial charge in [0.05, 0.1) is 19.2 Å². The molecule has 6 heteroatoms. The zero-order valence-corrected chi connectivity index (χ0v) is 13.5. The lowest BCUT2D eigenvalue weighted by atomic mass is 10.1. The number of methoxy groups -OCH3 is 1. The van der Waals surface area contributed by atoms with E-state index >= 15 is 0 Å². The minimum absolute atomic E-state index is 0.284. The van der Waals surface area contributed by atoms with Gasteiger partial charge in [0.1, 0.15) is 5.75 Å². The SMILES string of the molecule is COc1cccc(Cn2nc(-c3cccc4ncccc34)oc2=O)c1. The number of hydrogen-bond donors (Lipinski definition) is 0. The molecule has 0 saturated carbocycles. The van der Waals surface area contributed by atoms with E-state index in [-0.39, 0.29) is 5.89 Å². The second kappa shape index (κ2) is 6.24. The van der Waals surface area contributed by atoms with Gasteiger partial charge in [0.25, 0.3) is 0 Å². The van der Waals surface area contributed by atoms with Gasteiger partial charge in [-0.25, -0.2) is 4.79 Å². The van der Waals surface area contributed by atoms with Crippen LogP contribution in [0.2, 0.25) is 0 Å². The molecule has 25 heavy (non-hydrogen) atoms. The van der Waals surface area contributed by atoms with Crippen LogP contribution in [0.15, 0.2) is 70.0 Å². The molecule has 2 aromatic carbocycles. The highest BCUT2D eigenvalue weighted by Crippen LogP contribution is 2.25. The Labute approximate surface area is 143 Å². The van der Waals surface area contributed by atoms with E-state index in [1.807, 2.05) is 54.6 Å². The first-order chi connectivity index (χ1) is 12.2. The van der Waals surface area contributed by atoms with Crippen LogP contribution in [0.1, 0.15) is 5.56 Å². The fraction of sp³-hybridized carbons (Fsp3) is 0.105. The van der Waals surface area contributed by atoms with Gasteiger partial charge in [0.15, 0.2) is 0 Å². The van der Waals surface area contributed by atoms with Gasteiger partial charge in [-0.15, -0.1) is 5.10 Å². The predicted molar refractivity (Wildman–Crippen MR) is 93.6 cm³/mol. The van der Waals surface area contributed by atoms with Crippen LogP contribution in [0.4, 0.5) is 0 Å². The maximum atomic E-state index is 12.2. The molecule has 0 unspecified atom stereocenters. The fourth-order valence-electron chi connectivity index (χ4n) is 2.75. The zero-order chi connectivity index (χ0) is 17.2. The standard InChI is InChI=1S/C19H15N3O3/c1-24-14-6-2-5-13(11-14)12-22-19(23)25-18(21-22)16-7-3-9-17-15(16)8-4-10-20-17/h2-11H,12H2,1H3. The molecular formula is C19H15N3O3. The minimum Gasteiger partial charge on any atom is -0.497 e. The molecule has 2 aromatic heterocycles. The zero-order valence-electron chi connectivity index (χ0n) is 13.5. The summed E-state index contributed by atoms with van der Waals surface area (Å²) in [4.78, 5) is 16.5. The Morgan fingerprint density at radius 3 is 2.88 bits per heavy atom. The molecule has 0 aliphatic heterocycles. The van der Waals surface area contributed by atoms with Crippen molar-refractivity contribution in [2.45, 2.75) is 6.54 Å². The summed E-state index contributed by atoms with van der Waals surface area (Å²) in [6, 6.07) is 16.9. The molecule has 0 aliphatic rings. The van der Waals surface area contributed by atoms with Gasteiger partial charge in [-0.05, 0) is 35.9 Å². The second-order valence-electron chi connectivity index (χ2n) is 5.56. The topological polar surface area (TPSA) is 70.2 Å². The molecule has 4 aromatic rings. The maximum Gasteiger partial charge on any atom is 0.437 e. The molecule has 0 radical (unpaired) electrons. The summed E-state index contributed by atoms with van der Waals surface area (Å²) in [6.45, 7) is 0.308. The Morgan fingerprint density at radius 1 is 1.12 bits per heavy atom. The van der Waals surface area contributed by atoms with Crippen molar-refractivity contribution >= 4 is 10.9 Å². The second-order valence-corrected chi connectivity index (χ2v) is 5.56. The van der Waals surface area contributed by atoms with Crippen LogP contribution in [-0.2, 0) is 6.54 Å². The lowest BCUT2D eigenvalue weighted by molar-refractivity contribution is 0.414. The van der Waals surface area contributed by atoms with Crippen molar-refractivity contribution in [1.82, 2.24) is 14.8 Å². The number of rotatable bonds is 4. The average Bonchev–Trinajstić information content (AvgIpc) is 3.01. The van der Waals surface area contributed by atoms with E-state index in [2.05, 4.69) is 10.1 Å². The van der Waals surface area contributed by atoms with E-state index in [4.69, 9.17) is 9.15 Å². The van der Waals surface area contributed by atoms with Crippen molar-refractivity contribution in [3.8, 4) is 17.2 Å². The van der Waals surface area contributed by atoms with Crippen LogP contribution >= 0.6 is 0 Å². The minimum atomic E-state index is -0.501. The number of fused-ring (bicyclic) bond motifs is 1. The molecule has 0 bridgehead atoms. The van der Waals surface area contributed by atoms with Gasteiger partial charge in [0.2, 0.25) is 5.89 Å². The van der Waals surface area contributed by atoms with E-state index in [1.54, 1.807) is 13.3 Å². The molecule has 0 atom stereocenters. The number of hydrogen-bond acceptors (Lipinski definition) is 5. The third-order valence-electron chi connectivity index (χ3n) is 3.95. The molecule has 0 fully saturated rings. The smallest absolute Gasteiger partial charge is 0.437 e. The van der Waals surface area contributed by atoms with Gasteiger partial charge in [-0.2, -0.15) is 4.68 Å². The highest BCUT2D eigenvalue weighted by Gasteiger charge is 2.13. The Bertz CT molecular complexity index is 1090. The predicted octanol–water partition coefficient (Wildman–Crippen LogP) is 3.11. The molecule has 0 saturated heterocycles. The van der Waals surface area contributed by atoms with Crippen LogP contribution in [0, 0.1) is 0 Å². The first kappa shape index (κ1) is 15.1. The van der Waals surface area contributed by atoms with E-state index in [0.717, 1.165) is 27.8 Å². The monoisotopic (exact) mass is 333 g/mol. The van der Waals surface area contributed by atoms with Crippen LogP contribution in [0.25, 0.3) is 22.4 Å². The van der Waals surface area contributed by atoms with E-state index in [9.17, 15) is 4.79 Å². The van der Waals surface area contributed by atoms with Gasteiger partial charge in [-0.3, -0.25) is 4.98 Å². The third-order valence-corrected chi connectivity index (χ3v) is 3.95. The molecule has 0 spiro atoms. The summed E-state index contributed by atoms with van der Waals surface area (Å²) in [7, 11) is 1.61. The van der Waals surface area contributed by atoms with E-state index in [1.165, 1.54) is 4.68 Å². The van der Waals surface area contributed by atoms with Crippen molar-refractivity contribution in [2.75, 3.05) is 7.11 Å². The van der Waals surface area contributed by atoms with Crippen molar-refractivity contribution in [1.29, 1.82) is 0 Å². The third kappa shape index (κ3) is 2.89. The lowest BCUT2D eigenvalue weighted by Crippen LogP contribution is -2.16. The van der Waals surface area contributed by atoms with E-state index < -0.39 is 5.76 Å². The summed E-state index contributed by atoms with van der Waals surface area (Å²) < 4.78 is 11.9. The Morgan fingerprint density at radius 2 is 2.00 bits per heavy atom. The quantitative estimate of drug-likeness (QED) is 0.574.